The van der Waals surface area contributed by atoms with Gasteiger partial charge in [0.2, 0.25) is 0 Å². The van der Waals surface area contributed by atoms with Gasteiger partial charge in [0, 0.05) is 0 Å². The summed E-state index contributed by atoms with van der Waals surface area (Å²) in [5.74, 6) is 0.0617. The van der Waals surface area contributed by atoms with Gasteiger partial charge in [-0.25, -0.2) is 10.2 Å². The Labute approximate surface area is 228 Å². The van der Waals surface area contributed by atoms with Crippen LogP contribution in [0.2, 0.25) is 0 Å². The number of nitrogens with zero attached hydrogens (tertiary/aromatic N) is 1. The quantitative estimate of drug-likeness (QED) is 0.176. The van der Waals surface area contributed by atoms with E-state index in [1.165, 1.54) is 25.5 Å². The van der Waals surface area contributed by atoms with Gasteiger partial charge in [0.25, 0.3) is 5.91 Å². The number of carbonyl (C=O) groups is 2. The highest BCUT2D eigenvalue weighted by Crippen LogP contribution is 2.37. The van der Waals surface area contributed by atoms with Crippen molar-refractivity contribution < 1.29 is 28.9 Å². The Morgan fingerprint density at radius 1 is 0.974 bits per heavy atom. The predicted molar refractivity (Wildman–Crippen MR) is 149 cm³/mol. The highest BCUT2D eigenvalue weighted by Gasteiger charge is 2.15. The van der Waals surface area contributed by atoms with Crippen molar-refractivity contribution in [2.45, 2.75) is 13.5 Å². The maximum atomic E-state index is 12.8. The van der Waals surface area contributed by atoms with Gasteiger partial charge in [-0.15, -0.1) is 0 Å². The van der Waals surface area contributed by atoms with Crippen LogP contribution in [0.1, 0.15) is 38.8 Å². The van der Waals surface area contributed by atoms with Gasteiger partial charge in [0.1, 0.15) is 12.4 Å². The summed E-state index contributed by atoms with van der Waals surface area (Å²) < 4.78 is 17.8. The van der Waals surface area contributed by atoms with Crippen molar-refractivity contribution >= 4 is 44.8 Å². The smallest absolute Gasteiger partial charge is 0.335 e. The number of rotatable bonds is 10. The molecule has 0 unspecified atom stereocenters. The van der Waals surface area contributed by atoms with E-state index in [-0.39, 0.29) is 12.2 Å². The minimum atomic E-state index is -0.983. The van der Waals surface area contributed by atoms with E-state index in [2.05, 4.69) is 26.5 Å². The lowest BCUT2D eigenvalue weighted by atomic mass is 10.1. The van der Waals surface area contributed by atoms with Gasteiger partial charge in [0.05, 0.1) is 35.5 Å². The second kappa shape index (κ2) is 12.2. The monoisotopic (exact) mass is 576 g/mol. The summed E-state index contributed by atoms with van der Waals surface area (Å²) in [4.78, 5) is 23.9. The number of halogens is 1. The maximum Gasteiger partial charge on any atom is 0.335 e. The number of hydrogen-bond acceptors (Lipinski definition) is 6. The average Bonchev–Trinajstić information content (AvgIpc) is 2.92. The topological polar surface area (TPSA) is 106 Å². The third-order valence-corrected chi connectivity index (χ3v) is 6.20. The van der Waals surface area contributed by atoms with Crippen molar-refractivity contribution in [3.05, 3.63) is 99.5 Å². The number of benzene rings is 4. The van der Waals surface area contributed by atoms with E-state index in [1.807, 2.05) is 37.3 Å². The Hall–Kier alpha value is -4.37. The second-order valence-corrected chi connectivity index (χ2v) is 9.01. The molecule has 0 heterocycles. The van der Waals surface area contributed by atoms with E-state index in [0.29, 0.717) is 39.5 Å². The molecule has 9 heteroatoms. The fourth-order valence-corrected chi connectivity index (χ4v) is 4.33. The molecule has 0 saturated heterocycles. The molecule has 0 spiro atoms. The molecule has 8 nitrogen and oxygen atoms in total. The lowest BCUT2D eigenvalue weighted by molar-refractivity contribution is 0.0696. The predicted octanol–water partition coefficient (Wildman–Crippen LogP) is 6.05. The molecule has 0 radical (unpaired) electrons. The van der Waals surface area contributed by atoms with Crippen LogP contribution in [-0.2, 0) is 6.61 Å². The summed E-state index contributed by atoms with van der Waals surface area (Å²) >= 11 is 3.52. The molecule has 0 fully saturated rings. The minimum absolute atomic E-state index is 0.208. The standard InChI is InChI=1S/C29H25BrN2O6/c1-3-37-26-13-19(12-24(30)27(26)38-17-18-8-10-20(11-9-18)29(34)35)16-31-32-28(33)23-14-21-6-4-5-7-22(21)15-25(23)36-2/h4-16H,3,17H2,1-2H3,(H,32,33)(H,34,35)/b31-16-. The molecular formula is C29H25BrN2O6. The maximum absolute atomic E-state index is 12.8. The number of carbonyl (C=O) groups excluding carboxylic acids is 1. The first kappa shape index (κ1) is 26.7. The van der Waals surface area contributed by atoms with Crippen molar-refractivity contribution in [3.8, 4) is 17.2 Å². The molecule has 2 N–H and O–H groups in total. The molecule has 4 rings (SSSR count). The number of amides is 1. The van der Waals surface area contributed by atoms with Crippen LogP contribution in [0.5, 0.6) is 17.2 Å². The number of carboxylic acid groups (broad SMARTS) is 1. The number of aromatic carboxylic acids is 1. The summed E-state index contributed by atoms with van der Waals surface area (Å²) in [6.07, 6.45) is 1.51. The Kier molecular flexibility index (Phi) is 8.60. The number of hydrazone groups is 1. The van der Waals surface area contributed by atoms with Crippen LogP contribution in [0.15, 0.2) is 82.4 Å². The highest BCUT2D eigenvalue weighted by molar-refractivity contribution is 9.10. The molecule has 0 saturated carbocycles. The van der Waals surface area contributed by atoms with Gasteiger partial charge >= 0.3 is 5.97 Å². The third-order valence-electron chi connectivity index (χ3n) is 5.61. The zero-order valence-electron chi connectivity index (χ0n) is 20.7. The normalized spacial score (nSPS) is 10.9. The van der Waals surface area contributed by atoms with Crippen LogP contribution >= 0.6 is 15.9 Å². The molecule has 0 aliphatic heterocycles. The van der Waals surface area contributed by atoms with Crippen molar-refractivity contribution in [2.75, 3.05) is 13.7 Å². The summed E-state index contributed by atoms with van der Waals surface area (Å²) in [6.45, 7) is 2.49. The van der Waals surface area contributed by atoms with Crippen LogP contribution in [0.25, 0.3) is 10.8 Å². The van der Waals surface area contributed by atoms with Crippen molar-refractivity contribution in [2.24, 2.45) is 5.10 Å². The Morgan fingerprint density at radius 3 is 2.34 bits per heavy atom. The third kappa shape index (κ3) is 6.30. The molecular weight excluding hydrogens is 552 g/mol. The van der Waals surface area contributed by atoms with E-state index >= 15 is 0 Å². The number of methoxy groups -OCH3 is 1. The van der Waals surface area contributed by atoms with Crippen molar-refractivity contribution in [3.63, 3.8) is 0 Å². The number of hydrogen-bond donors (Lipinski definition) is 2. The molecule has 4 aromatic carbocycles. The van der Waals surface area contributed by atoms with Gasteiger partial charge in [-0.05, 0) is 81.2 Å². The van der Waals surface area contributed by atoms with Crippen LogP contribution in [0.3, 0.4) is 0 Å². The van der Waals surface area contributed by atoms with E-state index in [1.54, 1.807) is 30.3 Å². The van der Waals surface area contributed by atoms with Gasteiger partial charge in [-0.1, -0.05) is 36.4 Å². The Balaban J connectivity index is 1.48. The second-order valence-electron chi connectivity index (χ2n) is 8.15. The van der Waals surface area contributed by atoms with Crippen molar-refractivity contribution in [1.29, 1.82) is 0 Å². The van der Waals surface area contributed by atoms with E-state index in [9.17, 15) is 9.59 Å². The fourth-order valence-electron chi connectivity index (χ4n) is 3.76. The van der Waals surface area contributed by atoms with Gasteiger partial charge in [-0.2, -0.15) is 5.10 Å². The largest absolute Gasteiger partial charge is 0.496 e. The Bertz CT molecular complexity index is 1500. The van der Waals surface area contributed by atoms with E-state index in [0.717, 1.165) is 16.3 Å². The molecule has 0 aromatic heterocycles. The summed E-state index contributed by atoms with van der Waals surface area (Å²) in [5.41, 5.74) is 4.61. The van der Waals surface area contributed by atoms with Gasteiger partial charge in [0.15, 0.2) is 11.5 Å². The molecule has 0 aliphatic carbocycles. The molecule has 1 amide bonds. The molecule has 194 valence electrons. The summed E-state index contributed by atoms with van der Waals surface area (Å²) in [6, 6.07) is 21.3. The van der Waals surface area contributed by atoms with Crippen LogP contribution in [0.4, 0.5) is 0 Å². The lowest BCUT2D eigenvalue weighted by Crippen LogP contribution is -2.18. The molecule has 4 aromatic rings. The first-order valence-electron chi connectivity index (χ1n) is 11.7. The molecule has 0 aliphatic rings. The SMILES string of the molecule is CCOc1cc(/C=N\NC(=O)c2cc3ccccc3cc2OC)cc(Br)c1OCc1ccc(C(=O)O)cc1. The first-order chi connectivity index (χ1) is 18.4. The minimum Gasteiger partial charge on any atom is -0.496 e. The van der Waals surface area contributed by atoms with E-state index in [4.69, 9.17) is 19.3 Å². The Morgan fingerprint density at radius 2 is 1.68 bits per heavy atom. The average molecular weight is 577 g/mol. The number of carboxylic acids is 1. The van der Waals surface area contributed by atoms with Crippen molar-refractivity contribution in [1.82, 2.24) is 5.43 Å². The lowest BCUT2D eigenvalue weighted by Gasteiger charge is -2.15. The zero-order valence-corrected chi connectivity index (χ0v) is 22.3. The van der Waals surface area contributed by atoms with Gasteiger partial charge < -0.3 is 19.3 Å². The molecule has 0 bridgehead atoms. The fraction of sp³-hybridized carbons (Fsp3) is 0.138. The van der Waals surface area contributed by atoms with Crippen LogP contribution in [0, 0.1) is 0 Å². The number of fused-ring (bicyclic) bond motifs is 1. The summed E-state index contributed by atoms with van der Waals surface area (Å²) in [7, 11) is 1.52. The van der Waals surface area contributed by atoms with Crippen LogP contribution in [-0.4, -0.2) is 36.9 Å². The summed E-state index contributed by atoms with van der Waals surface area (Å²) in [5, 5.41) is 15.1. The molecule has 38 heavy (non-hydrogen) atoms. The number of nitrogens with one attached hydrogen (secondary N) is 1. The molecule has 0 atom stereocenters. The highest BCUT2D eigenvalue weighted by atomic mass is 79.9. The first-order valence-corrected chi connectivity index (χ1v) is 12.5. The number of ether oxygens (including phenoxy) is 3. The van der Waals surface area contributed by atoms with E-state index < -0.39 is 11.9 Å². The van der Waals surface area contributed by atoms with Crippen LogP contribution < -0.4 is 19.6 Å². The zero-order chi connectivity index (χ0) is 27.1. The van der Waals surface area contributed by atoms with Gasteiger partial charge in [-0.3, -0.25) is 4.79 Å².